The zero-order valence-electron chi connectivity index (χ0n) is 14.1. The maximum Gasteiger partial charge on any atom is 0.172 e. The van der Waals surface area contributed by atoms with Crippen molar-refractivity contribution >= 4 is 17.1 Å². The zero-order chi connectivity index (χ0) is 15.8. The topological polar surface area (TPSA) is 28.0 Å². The molecule has 2 heterocycles. The van der Waals surface area contributed by atoms with Gasteiger partial charge in [-0.1, -0.05) is 12.0 Å². The fraction of sp³-hybridized carbons (Fsp3) is 0.450. The van der Waals surface area contributed by atoms with E-state index in [4.69, 9.17) is 4.74 Å². The van der Waals surface area contributed by atoms with Crippen LogP contribution in [0.15, 0.2) is 30.0 Å². The van der Waals surface area contributed by atoms with Crippen LogP contribution in [0.5, 0.6) is 5.75 Å². The molecule has 0 amide bonds. The van der Waals surface area contributed by atoms with E-state index < -0.39 is 0 Å². The number of allylic oxidation sites excluding steroid dienone is 1. The molecule has 1 aromatic heterocycles. The molecule has 0 atom stereocenters. The smallest absolute Gasteiger partial charge is 0.172 e. The quantitative estimate of drug-likeness (QED) is 0.665. The number of hydrogen-bond donors (Lipinski definition) is 1. The number of nitrogens with zero attached hydrogens (tertiary/aromatic N) is 1. The molecule has 0 bridgehead atoms. The highest BCUT2D eigenvalue weighted by Crippen LogP contribution is 2.35. The van der Waals surface area contributed by atoms with E-state index in [-0.39, 0.29) is 0 Å². The number of rotatable bonds is 4. The second kappa shape index (κ2) is 5.88. The second-order valence-corrected chi connectivity index (χ2v) is 6.86. The number of aromatic nitrogens is 1. The summed E-state index contributed by atoms with van der Waals surface area (Å²) in [5, 5.41) is 1.28. The molecule has 3 heteroatoms. The van der Waals surface area contributed by atoms with Gasteiger partial charge >= 0.3 is 0 Å². The molecule has 3 nitrogen and oxygen atoms in total. The Kier molecular flexibility index (Phi) is 3.72. The van der Waals surface area contributed by atoms with Crippen molar-refractivity contribution in [2.75, 3.05) is 13.7 Å². The van der Waals surface area contributed by atoms with Crippen molar-refractivity contribution in [3.63, 3.8) is 0 Å². The van der Waals surface area contributed by atoms with Crippen LogP contribution in [0.1, 0.15) is 36.8 Å². The summed E-state index contributed by atoms with van der Waals surface area (Å²) >= 11 is 0. The van der Waals surface area contributed by atoms with Crippen molar-refractivity contribution in [2.24, 2.45) is 5.92 Å². The number of methoxy groups -OCH3 is 1. The molecule has 1 N–H and O–H groups in total. The number of H-pyrrole nitrogens is 1. The fourth-order valence-corrected chi connectivity index (χ4v) is 3.85. The first-order valence-electron chi connectivity index (χ1n) is 8.66. The summed E-state index contributed by atoms with van der Waals surface area (Å²) in [6, 6.07) is 4.31. The van der Waals surface area contributed by atoms with Gasteiger partial charge in [0.2, 0.25) is 0 Å². The predicted octanol–water partition coefficient (Wildman–Crippen LogP) is 4.20. The summed E-state index contributed by atoms with van der Waals surface area (Å²) in [7, 11) is 1.77. The average Bonchev–Trinajstić information content (AvgIpc) is 3.00. The lowest BCUT2D eigenvalue weighted by molar-refractivity contribution is -0.531. The highest BCUT2D eigenvalue weighted by Gasteiger charge is 2.25. The minimum atomic E-state index is 0.874. The molecule has 23 heavy (non-hydrogen) atoms. The monoisotopic (exact) mass is 309 g/mol. The molecular weight excluding hydrogens is 284 g/mol. The van der Waals surface area contributed by atoms with E-state index in [2.05, 4.69) is 40.9 Å². The molecule has 1 aromatic carbocycles. The Morgan fingerprint density at radius 3 is 2.87 bits per heavy atom. The summed E-state index contributed by atoms with van der Waals surface area (Å²) in [6.45, 7) is 4.06. The molecule has 1 fully saturated rings. The van der Waals surface area contributed by atoms with Crippen LogP contribution in [0.4, 0.5) is 0 Å². The highest BCUT2D eigenvalue weighted by molar-refractivity contribution is 5.88. The van der Waals surface area contributed by atoms with Gasteiger partial charge in [0.05, 0.1) is 12.7 Å². The third kappa shape index (κ3) is 2.58. The van der Waals surface area contributed by atoms with Crippen molar-refractivity contribution in [1.29, 1.82) is 0 Å². The summed E-state index contributed by atoms with van der Waals surface area (Å²) in [6.07, 6.45) is 12.2. The molecule has 2 aliphatic rings. The first kappa shape index (κ1) is 14.6. The molecular formula is C20H25N2O+. The number of ether oxygens (including phenoxy) is 1. The van der Waals surface area contributed by atoms with Crippen molar-refractivity contribution in [1.82, 2.24) is 4.98 Å². The summed E-state index contributed by atoms with van der Waals surface area (Å²) < 4.78 is 8.08. The van der Waals surface area contributed by atoms with Gasteiger partial charge in [-0.2, -0.15) is 0 Å². The van der Waals surface area contributed by atoms with Crippen molar-refractivity contribution in [3.8, 4) is 5.75 Å². The third-order valence-corrected chi connectivity index (χ3v) is 5.50. The highest BCUT2D eigenvalue weighted by atomic mass is 16.5. The Labute approximate surface area is 137 Å². The molecule has 0 saturated heterocycles. The zero-order valence-corrected chi connectivity index (χ0v) is 14.1. The van der Waals surface area contributed by atoms with Crippen LogP contribution in [-0.2, 0) is 6.54 Å². The van der Waals surface area contributed by atoms with E-state index >= 15 is 0 Å². The first-order valence-corrected chi connectivity index (χ1v) is 8.66. The van der Waals surface area contributed by atoms with Crippen LogP contribution in [0, 0.1) is 12.8 Å². The number of fused-ring (bicyclic) bond motifs is 1. The van der Waals surface area contributed by atoms with Crippen LogP contribution in [0.2, 0.25) is 0 Å². The predicted molar refractivity (Wildman–Crippen MR) is 94.5 cm³/mol. The molecule has 1 saturated carbocycles. The van der Waals surface area contributed by atoms with Crippen LogP contribution in [0.3, 0.4) is 0 Å². The van der Waals surface area contributed by atoms with Crippen molar-refractivity contribution in [2.45, 2.75) is 39.2 Å². The van der Waals surface area contributed by atoms with E-state index in [1.807, 2.05) is 6.20 Å². The number of benzene rings is 1. The standard InChI is InChI=1S/C20H25N2O/c1-14-12-19(23-2)18(17-6-9-21-20(14)17)13-22-10-7-16(8-11-22)15-4-3-5-15/h6-7,9,11-12,15,21H,3-5,8,10,13H2,1-2H3/q+1. The summed E-state index contributed by atoms with van der Waals surface area (Å²) in [5.41, 5.74) is 5.41. The van der Waals surface area contributed by atoms with E-state index in [1.54, 1.807) is 12.7 Å². The SMILES string of the molecule is COc1cc(C)c2[nH]ccc2c1C[N+]1=CCC(C2CCC2)=CC1. The van der Waals surface area contributed by atoms with Crippen LogP contribution in [0.25, 0.3) is 10.9 Å². The molecule has 0 unspecified atom stereocenters. The Balaban J connectivity index is 1.59. The van der Waals surface area contributed by atoms with Gasteiger partial charge in [0.15, 0.2) is 13.1 Å². The molecule has 4 rings (SSSR count). The van der Waals surface area contributed by atoms with Gasteiger partial charge in [-0.15, -0.1) is 0 Å². The van der Waals surface area contributed by atoms with E-state index in [0.717, 1.165) is 31.2 Å². The fourth-order valence-electron chi connectivity index (χ4n) is 3.85. The van der Waals surface area contributed by atoms with Gasteiger partial charge in [0.1, 0.15) is 12.0 Å². The van der Waals surface area contributed by atoms with E-state index in [0.29, 0.717) is 0 Å². The maximum absolute atomic E-state index is 5.66. The molecule has 1 aliphatic heterocycles. The Bertz CT molecular complexity index is 793. The lowest BCUT2D eigenvalue weighted by Gasteiger charge is -2.28. The van der Waals surface area contributed by atoms with Gasteiger partial charge in [-0.3, -0.25) is 0 Å². The van der Waals surface area contributed by atoms with Gasteiger partial charge in [-0.05, 0) is 49.5 Å². The van der Waals surface area contributed by atoms with Crippen LogP contribution in [-0.4, -0.2) is 29.4 Å². The number of aryl methyl sites for hydroxylation is 1. The Hall–Kier alpha value is -2.03. The van der Waals surface area contributed by atoms with Gasteiger partial charge in [0, 0.05) is 23.5 Å². The normalized spacial score (nSPS) is 18.5. The van der Waals surface area contributed by atoms with E-state index in [1.165, 1.54) is 41.3 Å². The minimum Gasteiger partial charge on any atom is -0.496 e. The second-order valence-electron chi connectivity index (χ2n) is 6.86. The molecule has 1 aliphatic carbocycles. The van der Waals surface area contributed by atoms with E-state index in [9.17, 15) is 0 Å². The molecule has 120 valence electrons. The molecule has 0 spiro atoms. The van der Waals surface area contributed by atoms with Crippen LogP contribution >= 0.6 is 0 Å². The lowest BCUT2D eigenvalue weighted by Crippen LogP contribution is -2.23. The minimum absolute atomic E-state index is 0.874. The number of hydrogen-bond acceptors (Lipinski definition) is 1. The Morgan fingerprint density at radius 1 is 1.35 bits per heavy atom. The maximum atomic E-state index is 5.66. The number of nitrogens with one attached hydrogen (secondary N) is 1. The average molecular weight is 309 g/mol. The lowest BCUT2D eigenvalue weighted by atomic mass is 9.78. The summed E-state index contributed by atoms with van der Waals surface area (Å²) in [4.78, 5) is 3.36. The van der Waals surface area contributed by atoms with Crippen molar-refractivity contribution in [3.05, 3.63) is 41.1 Å². The Morgan fingerprint density at radius 2 is 2.22 bits per heavy atom. The van der Waals surface area contributed by atoms with Gasteiger partial charge in [0.25, 0.3) is 0 Å². The molecule has 2 aromatic rings. The largest absolute Gasteiger partial charge is 0.496 e. The van der Waals surface area contributed by atoms with Crippen molar-refractivity contribution < 1.29 is 9.31 Å². The van der Waals surface area contributed by atoms with Gasteiger partial charge in [-0.25, -0.2) is 4.58 Å². The number of aromatic amines is 1. The van der Waals surface area contributed by atoms with Gasteiger partial charge < -0.3 is 9.72 Å². The summed E-state index contributed by atoms with van der Waals surface area (Å²) in [5.74, 6) is 1.87. The molecule has 0 radical (unpaired) electrons. The first-order chi connectivity index (χ1) is 11.3. The van der Waals surface area contributed by atoms with Crippen LogP contribution < -0.4 is 4.74 Å². The third-order valence-electron chi connectivity index (χ3n) is 5.50.